The molecule has 8 nitrogen and oxygen atoms in total. The van der Waals surface area contributed by atoms with Crippen molar-refractivity contribution in [2.24, 2.45) is 0 Å². The van der Waals surface area contributed by atoms with Gasteiger partial charge in [0.25, 0.3) is 0 Å². The highest BCUT2D eigenvalue weighted by Gasteiger charge is 2.31. The van der Waals surface area contributed by atoms with E-state index < -0.39 is 12.1 Å². The number of carboxylic acids is 1. The number of hydrogen-bond donors (Lipinski definition) is 2. The number of rotatable bonds is 3. The first-order chi connectivity index (χ1) is 9.97. The Hall–Kier alpha value is -1.83. The van der Waals surface area contributed by atoms with Crippen molar-refractivity contribution in [1.29, 1.82) is 0 Å². The largest absolute Gasteiger partial charge is 0.479 e. The molecule has 0 aromatic carbocycles. The van der Waals surface area contributed by atoms with Gasteiger partial charge in [0, 0.05) is 26.7 Å². The zero-order chi connectivity index (χ0) is 15.4. The number of urea groups is 1. The first kappa shape index (κ1) is 15.6. The SMILES string of the molecule is CN1CCCN(C(=O)NCC2CCC(C(=O)O)O2)CC1=O. The number of nitrogens with one attached hydrogen (secondary N) is 1. The van der Waals surface area contributed by atoms with Crippen LogP contribution in [0.25, 0.3) is 0 Å². The second kappa shape index (κ2) is 6.75. The Morgan fingerprint density at radius 3 is 2.81 bits per heavy atom. The highest BCUT2D eigenvalue weighted by molar-refractivity contribution is 5.84. The molecular weight excluding hydrogens is 278 g/mol. The molecule has 2 atom stereocenters. The maximum atomic E-state index is 12.0. The molecule has 3 amide bonds. The molecule has 2 aliphatic rings. The number of likely N-dealkylation sites (N-methyl/N-ethyl adjacent to an activating group) is 1. The topological polar surface area (TPSA) is 99.2 Å². The minimum atomic E-state index is -0.968. The normalized spacial score (nSPS) is 26.6. The van der Waals surface area contributed by atoms with Crippen molar-refractivity contribution in [3.63, 3.8) is 0 Å². The lowest BCUT2D eigenvalue weighted by atomic mass is 10.2. The minimum absolute atomic E-state index is 0.0750. The fourth-order valence-electron chi connectivity index (χ4n) is 2.51. The van der Waals surface area contributed by atoms with Gasteiger partial charge in [-0.3, -0.25) is 4.79 Å². The zero-order valence-corrected chi connectivity index (χ0v) is 12.1. The van der Waals surface area contributed by atoms with Gasteiger partial charge in [0.05, 0.1) is 6.10 Å². The summed E-state index contributed by atoms with van der Waals surface area (Å²) >= 11 is 0. The Morgan fingerprint density at radius 2 is 2.14 bits per heavy atom. The molecule has 0 bridgehead atoms. The molecule has 0 spiro atoms. The third kappa shape index (κ3) is 4.07. The van der Waals surface area contributed by atoms with Gasteiger partial charge >= 0.3 is 12.0 Å². The maximum Gasteiger partial charge on any atom is 0.332 e. The summed E-state index contributed by atoms with van der Waals surface area (Å²) in [5, 5.41) is 11.6. The molecule has 0 radical (unpaired) electrons. The smallest absolute Gasteiger partial charge is 0.332 e. The molecule has 0 saturated carbocycles. The molecule has 8 heteroatoms. The second-order valence-corrected chi connectivity index (χ2v) is 5.44. The van der Waals surface area contributed by atoms with Crippen LogP contribution in [0, 0.1) is 0 Å². The second-order valence-electron chi connectivity index (χ2n) is 5.44. The molecule has 2 aliphatic heterocycles. The molecule has 2 rings (SSSR count). The number of hydrogen-bond acceptors (Lipinski definition) is 4. The van der Waals surface area contributed by atoms with Gasteiger partial charge in [0.2, 0.25) is 5.91 Å². The van der Waals surface area contributed by atoms with Gasteiger partial charge in [-0.2, -0.15) is 0 Å². The van der Waals surface area contributed by atoms with Crippen molar-refractivity contribution in [1.82, 2.24) is 15.1 Å². The number of carbonyl (C=O) groups is 3. The van der Waals surface area contributed by atoms with E-state index in [4.69, 9.17) is 9.84 Å². The number of nitrogens with zero attached hydrogens (tertiary/aromatic N) is 2. The van der Waals surface area contributed by atoms with Crippen molar-refractivity contribution in [2.45, 2.75) is 31.5 Å². The molecule has 0 aliphatic carbocycles. The van der Waals surface area contributed by atoms with Crippen molar-refractivity contribution < 1.29 is 24.2 Å². The molecule has 0 aromatic rings. The van der Waals surface area contributed by atoms with Crippen LogP contribution in [-0.2, 0) is 14.3 Å². The first-order valence-corrected chi connectivity index (χ1v) is 7.12. The molecule has 2 N–H and O–H groups in total. The van der Waals surface area contributed by atoms with Gasteiger partial charge in [-0.25, -0.2) is 9.59 Å². The lowest BCUT2D eigenvalue weighted by Crippen LogP contribution is -2.45. The van der Waals surface area contributed by atoms with Crippen molar-refractivity contribution >= 4 is 17.9 Å². The van der Waals surface area contributed by atoms with E-state index in [2.05, 4.69) is 5.32 Å². The van der Waals surface area contributed by atoms with Crippen LogP contribution in [0.4, 0.5) is 4.79 Å². The predicted octanol–water partition coefficient (Wildman–Crippen LogP) is -0.508. The molecule has 0 aromatic heterocycles. The zero-order valence-electron chi connectivity index (χ0n) is 12.1. The Morgan fingerprint density at radius 1 is 1.38 bits per heavy atom. The van der Waals surface area contributed by atoms with Crippen LogP contribution >= 0.6 is 0 Å². The lowest BCUT2D eigenvalue weighted by molar-refractivity contribution is -0.149. The third-order valence-electron chi connectivity index (χ3n) is 3.82. The summed E-state index contributed by atoms with van der Waals surface area (Å²) in [5.41, 5.74) is 0. The predicted molar refractivity (Wildman–Crippen MR) is 72.8 cm³/mol. The van der Waals surface area contributed by atoms with E-state index in [1.54, 1.807) is 11.9 Å². The molecule has 2 saturated heterocycles. The van der Waals surface area contributed by atoms with E-state index in [0.717, 1.165) is 6.42 Å². The Labute approximate surface area is 123 Å². The van der Waals surface area contributed by atoms with Crippen LogP contribution in [0.15, 0.2) is 0 Å². The quantitative estimate of drug-likeness (QED) is 0.731. The summed E-state index contributed by atoms with van der Waals surface area (Å²) in [6, 6.07) is -0.305. The van der Waals surface area contributed by atoms with E-state index in [-0.39, 0.29) is 31.1 Å². The van der Waals surface area contributed by atoms with E-state index in [9.17, 15) is 14.4 Å². The van der Waals surface area contributed by atoms with Gasteiger partial charge in [-0.05, 0) is 19.3 Å². The number of aliphatic carboxylic acids is 1. The standard InChI is InChI=1S/C13H21N3O5/c1-15-5-2-6-16(8-11(15)17)13(20)14-7-9-3-4-10(21-9)12(18)19/h9-10H,2-8H2,1H3,(H,14,20)(H,18,19). The summed E-state index contributed by atoms with van der Waals surface area (Å²) in [6.07, 6.45) is 0.763. The highest BCUT2D eigenvalue weighted by Crippen LogP contribution is 2.19. The molecule has 21 heavy (non-hydrogen) atoms. The van der Waals surface area contributed by atoms with E-state index in [1.807, 2.05) is 0 Å². The van der Waals surface area contributed by atoms with Crippen LogP contribution < -0.4 is 5.32 Å². The Bertz CT molecular complexity index is 428. The number of carbonyl (C=O) groups excluding carboxylic acids is 2. The summed E-state index contributed by atoms with van der Waals surface area (Å²) in [7, 11) is 1.72. The Balaban J connectivity index is 1.77. The number of carboxylic acid groups (broad SMARTS) is 1. The van der Waals surface area contributed by atoms with Crippen LogP contribution in [0.2, 0.25) is 0 Å². The molecule has 118 valence electrons. The lowest BCUT2D eigenvalue weighted by Gasteiger charge is -2.21. The van der Waals surface area contributed by atoms with Crippen LogP contribution in [0.5, 0.6) is 0 Å². The van der Waals surface area contributed by atoms with Crippen LogP contribution in [-0.4, -0.2) is 78.2 Å². The fraction of sp³-hybridized carbons (Fsp3) is 0.769. The van der Waals surface area contributed by atoms with E-state index in [1.165, 1.54) is 4.90 Å². The van der Waals surface area contributed by atoms with E-state index in [0.29, 0.717) is 25.9 Å². The Kier molecular flexibility index (Phi) is 5.00. The average molecular weight is 299 g/mol. The average Bonchev–Trinajstić information content (AvgIpc) is 2.85. The summed E-state index contributed by atoms with van der Waals surface area (Å²) in [4.78, 5) is 37.6. The van der Waals surface area contributed by atoms with Crippen molar-refractivity contribution in [2.75, 3.05) is 33.2 Å². The summed E-state index contributed by atoms with van der Waals surface area (Å²) in [5.74, 6) is -1.05. The van der Waals surface area contributed by atoms with Crippen LogP contribution in [0.3, 0.4) is 0 Å². The number of amides is 3. The highest BCUT2D eigenvalue weighted by atomic mass is 16.5. The summed E-state index contributed by atoms with van der Waals surface area (Å²) in [6.45, 7) is 1.52. The van der Waals surface area contributed by atoms with Gasteiger partial charge < -0.3 is 25.0 Å². The number of ether oxygens (including phenoxy) is 1. The van der Waals surface area contributed by atoms with Crippen LogP contribution in [0.1, 0.15) is 19.3 Å². The first-order valence-electron chi connectivity index (χ1n) is 7.12. The van der Waals surface area contributed by atoms with Gasteiger partial charge in [-0.1, -0.05) is 0 Å². The van der Waals surface area contributed by atoms with E-state index >= 15 is 0 Å². The molecule has 2 heterocycles. The fourth-order valence-corrected chi connectivity index (χ4v) is 2.51. The minimum Gasteiger partial charge on any atom is -0.479 e. The van der Waals surface area contributed by atoms with Gasteiger partial charge in [-0.15, -0.1) is 0 Å². The summed E-state index contributed by atoms with van der Waals surface area (Å²) < 4.78 is 5.32. The monoisotopic (exact) mass is 299 g/mol. The van der Waals surface area contributed by atoms with Gasteiger partial charge in [0.1, 0.15) is 6.54 Å². The molecule has 2 unspecified atom stereocenters. The molecular formula is C13H21N3O5. The van der Waals surface area contributed by atoms with Crippen molar-refractivity contribution in [3.8, 4) is 0 Å². The molecule has 2 fully saturated rings. The van der Waals surface area contributed by atoms with Crippen molar-refractivity contribution in [3.05, 3.63) is 0 Å². The third-order valence-corrected chi connectivity index (χ3v) is 3.82. The maximum absolute atomic E-state index is 12.0. The van der Waals surface area contributed by atoms with Gasteiger partial charge in [0.15, 0.2) is 6.10 Å².